The number of nitrogens with one attached hydrogen (secondary N) is 2. The fourth-order valence-electron chi connectivity index (χ4n) is 5.55. The van der Waals surface area contributed by atoms with Gasteiger partial charge in [-0.05, 0) is 84.8 Å². The summed E-state index contributed by atoms with van der Waals surface area (Å²) in [7, 11) is 1.78. The number of alkyl halides is 3. The SMILES string of the molecule is CC.CNc1nc(=O)n(-c2ccccc2)c2cc(C(C)C)ccc12.O=c1nc(NCC2CC2)c2ccc(C(F)(F)F)cc2n1-c1ccccc1.[HH].[HH]. The van der Waals surface area contributed by atoms with Gasteiger partial charge >= 0.3 is 17.6 Å². The first-order valence-corrected chi connectivity index (χ1v) is 16.8. The summed E-state index contributed by atoms with van der Waals surface area (Å²) in [6.07, 6.45) is -2.26. The molecule has 2 N–H and O–H groups in total. The predicted molar refractivity (Wildman–Crippen MR) is 200 cm³/mol. The first-order valence-electron chi connectivity index (χ1n) is 16.8. The van der Waals surface area contributed by atoms with Crippen LogP contribution in [0.15, 0.2) is 107 Å². The lowest BCUT2D eigenvalue weighted by atomic mass is 10.0. The van der Waals surface area contributed by atoms with E-state index in [1.165, 1.54) is 16.2 Å². The largest absolute Gasteiger partial charge is 0.416 e. The number of nitrogens with zero attached hydrogens (tertiary/aromatic N) is 4. The van der Waals surface area contributed by atoms with E-state index in [0.29, 0.717) is 41.1 Å². The van der Waals surface area contributed by atoms with Crippen LogP contribution >= 0.6 is 0 Å². The van der Waals surface area contributed by atoms with Crippen LogP contribution in [0.25, 0.3) is 33.2 Å². The predicted octanol–water partition coefficient (Wildman–Crippen LogP) is 9.30. The monoisotopic (exact) mass is 686 g/mol. The third-order valence-corrected chi connectivity index (χ3v) is 8.32. The van der Waals surface area contributed by atoms with Gasteiger partial charge < -0.3 is 10.6 Å². The second kappa shape index (κ2) is 15.4. The standard InChI is InChI=1S/C19H16F3N3O.C18H19N3O.C2H6.2H2/c20-19(21,22)13-8-9-15-16(10-13)25(14-4-2-1-3-5-14)18(26)24-17(15)23-11-12-6-7-12;1-12(2)13-9-10-15-16(11-13)21(14-7-5-4-6-8-14)18(22)20-17(15)19-3;1-2;;/h1-5,8-10,12H,6-7,11H2,(H,23,24,26);4-12H,1-3H3,(H,19,20,22);1-2H3;2*1H. The molecule has 1 aliphatic rings. The summed E-state index contributed by atoms with van der Waals surface area (Å²) in [6, 6.07) is 27.8. The van der Waals surface area contributed by atoms with E-state index in [1.54, 1.807) is 41.9 Å². The Balaban J connectivity index is 0.000000261. The highest BCUT2D eigenvalue weighted by Gasteiger charge is 2.31. The molecule has 0 radical (unpaired) electrons. The topological polar surface area (TPSA) is 93.8 Å². The van der Waals surface area contributed by atoms with E-state index in [0.717, 1.165) is 41.6 Å². The number of hydrogen-bond acceptors (Lipinski definition) is 6. The van der Waals surface area contributed by atoms with Crippen LogP contribution < -0.4 is 22.0 Å². The Kier molecular flexibility index (Phi) is 11.0. The fraction of sp³-hybridized carbons (Fsp3) is 0.282. The molecule has 2 heterocycles. The smallest absolute Gasteiger partial charge is 0.372 e. The van der Waals surface area contributed by atoms with Gasteiger partial charge in [0.25, 0.3) is 0 Å². The van der Waals surface area contributed by atoms with Crippen molar-refractivity contribution in [3.05, 3.63) is 129 Å². The number of halogens is 3. The summed E-state index contributed by atoms with van der Waals surface area (Å²) in [6.45, 7) is 8.95. The molecule has 0 saturated heterocycles. The first kappa shape index (κ1) is 35.8. The van der Waals surface area contributed by atoms with Crippen LogP contribution in [0.2, 0.25) is 0 Å². The third-order valence-electron chi connectivity index (χ3n) is 8.32. The minimum absolute atomic E-state index is 0. The summed E-state index contributed by atoms with van der Waals surface area (Å²) in [5, 5.41) is 7.56. The summed E-state index contributed by atoms with van der Waals surface area (Å²) in [5.41, 5.74) is 1.88. The zero-order valence-corrected chi connectivity index (χ0v) is 28.8. The van der Waals surface area contributed by atoms with Gasteiger partial charge in [0, 0.05) is 27.2 Å². The van der Waals surface area contributed by atoms with E-state index in [2.05, 4.69) is 46.6 Å². The molecule has 0 atom stereocenters. The Bertz CT molecular complexity index is 2210. The van der Waals surface area contributed by atoms with E-state index < -0.39 is 17.4 Å². The van der Waals surface area contributed by atoms with Crippen molar-refractivity contribution in [3.8, 4) is 11.4 Å². The van der Waals surface area contributed by atoms with E-state index in [1.807, 2.05) is 50.2 Å². The molecular weight excluding hydrogens is 641 g/mol. The molecule has 0 spiro atoms. The molecule has 11 heteroatoms. The normalized spacial score (nSPS) is 12.6. The molecule has 7 rings (SSSR count). The van der Waals surface area contributed by atoms with Crippen molar-refractivity contribution < 1.29 is 16.0 Å². The van der Waals surface area contributed by atoms with Crippen molar-refractivity contribution in [1.82, 2.24) is 19.1 Å². The molecule has 1 aliphatic carbocycles. The van der Waals surface area contributed by atoms with Crippen molar-refractivity contribution in [1.29, 1.82) is 0 Å². The average molecular weight is 687 g/mol. The van der Waals surface area contributed by atoms with E-state index in [-0.39, 0.29) is 14.1 Å². The highest BCUT2D eigenvalue weighted by Crippen LogP contribution is 2.34. The van der Waals surface area contributed by atoms with Crippen LogP contribution in [0.3, 0.4) is 0 Å². The molecule has 0 aliphatic heterocycles. The van der Waals surface area contributed by atoms with Gasteiger partial charge in [0.15, 0.2) is 0 Å². The summed E-state index contributed by atoms with van der Waals surface area (Å²) < 4.78 is 42.5. The van der Waals surface area contributed by atoms with Gasteiger partial charge in [-0.3, -0.25) is 9.13 Å². The van der Waals surface area contributed by atoms with Crippen molar-refractivity contribution in [2.75, 3.05) is 24.2 Å². The summed E-state index contributed by atoms with van der Waals surface area (Å²) in [4.78, 5) is 33.4. The number of benzene rings is 4. The molecule has 6 aromatic rings. The van der Waals surface area contributed by atoms with Crippen molar-refractivity contribution >= 4 is 33.4 Å². The second-order valence-electron chi connectivity index (χ2n) is 12.1. The Labute approximate surface area is 291 Å². The highest BCUT2D eigenvalue weighted by atomic mass is 19.4. The third kappa shape index (κ3) is 7.88. The van der Waals surface area contributed by atoms with Crippen molar-refractivity contribution in [2.45, 2.75) is 52.6 Å². The molecule has 50 heavy (non-hydrogen) atoms. The molecule has 8 nitrogen and oxygen atoms in total. The molecule has 2 aromatic heterocycles. The molecule has 4 aromatic carbocycles. The minimum Gasteiger partial charge on any atom is -0.372 e. The lowest BCUT2D eigenvalue weighted by Gasteiger charge is -2.15. The van der Waals surface area contributed by atoms with Gasteiger partial charge in [0.2, 0.25) is 0 Å². The molecule has 1 saturated carbocycles. The summed E-state index contributed by atoms with van der Waals surface area (Å²) in [5.74, 6) is 1.88. The lowest BCUT2D eigenvalue weighted by molar-refractivity contribution is -0.137. The summed E-state index contributed by atoms with van der Waals surface area (Å²) >= 11 is 0. The Morgan fingerprint density at radius 2 is 1.26 bits per heavy atom. The van der Waals surface area contributed by atoms with Crippen molar-refractivity contribution in [2.24, 2.45) is 5.92 Å². The number of hydrogen-bond donors (Lipinski definition) is 2. The Morgan fingerprint density at radius 1 is 0.760 bits per heavy atom. The molecule has 0 bridgehead atoms. The van der Waals surface area contributed by atoms with Gasteiger partial charge in [-0.2, -0.15) is 23.1 Å². The maximum absolute atomic E-state index is 13.2. The van der Waals surface area contributed by atoms with Crippen molar-refractivity contribution in [3.63, 3.8) is 0 Å². The molecule has 0 amide bonds. The number of aromatic nitrogens is 4. The average Bonchev–Trinajstić information content (AvgIpc) is 3.96. The molecule has 264 valence electrons. The Hall–Kier alpha value is -5.45. The fourth-order valence-corrected chi connectivity index (χ4v) is 5.55. The lowest BCUT2D eigenvalue weighted by Crippen LogP contribution is -2.24. The molecule has 1 fully saturated rings. The first-order chi connectivity index (χ1) is 24.0. The van der Waals surface area contributed by atoms with E-state index in [4.69, 9.17) is 0 Å². The second-order valence-corrected chi connectivity index (χ2v) is 12.1. The van der Waals surface area contributed by atoms with Gasteiger partial charge in [0.05, 0.1) is 28.0 Å². The number of rotatable bonds is 7. The maximum atomic E-state index is 13.2. The highest BCUT2D eigenvalue weighted by molar-refractivity contribution is 5.91. The van der Waals surface area contributed by atoms with Gasteiger partial charge in [-0.15, -0.1) is 0 Å². The number of fused-ring (bicyclic) bond motifs is 2. The van der Waals surface area contributed by atoms with Gasteiger partial charge in [-0.25, -0.2) is 9.59 Å². The van der Waals surface area contributed by atoms with E-state index in [9.17, 15) is 22.8 Å². The molecule has 0 unspecified atom stereocenters. The zero-order chi connectivity index (χ0) is 36.0. The number of anilines is 2. The van der Waals surface area contributed by atoms with Crippen LogP contribution in [0.1, 0.15) is 60.4 Å². The van der Waals surface area contributed by atoms with Crippen LogP contribution in [0.5, 0.6) is 0 Å². The van der Waals surface area contributed by atoms with Gasteiger partial charge in [0.1, 0.15) is 11.6 Å². The number of para-hydroxylation sites is 2. The van der Waals surface area contributed by atoms with Crippen LogP contribution in [0, 0.1) is 5.92 Å². The van der Waals surface area contributed by atoms with Crippen LogP contribution in [-0.4, -0.2) is 32.7 Å². The van der Waals surface area contributed by atoms with Crippen LogP contribution in [-0.2, 0) is 6.18 Å². The van der Waals surface area contributed by atoms with Gasteiger partial charge in [-0.1, -0.05) is 70.2 Å². The maximum Gasteiger partial charge on any atom is 0.416 e. The van der Waals surface area contributed by atoms with E-state index >= 15 is 0 Å². The zero-order valence-electron chi connectivity index (χ0n) is 28.8. The van der Waals surface area contributed by atoms with Crippen LogP contribution in [0.4, 0.5) is 24.8 Å². The minimum atomic E-state index is -4.49. The Morgan fingerprint density at radius 3 is 1.76 bits per heavy atom. The molecular formula is C39H45F3N6O2. The quantitative estimate of drug-likeness (QED) is 0.174.